The topological polar surface area (TPSA) is 34.1 Å². The highest BCUT2D eigenvalue weighted by Crippen LogP contribution is 2.20. The number of nitrogens with one attached hydrogen (secondary N) is 1. The van der Waals surface area contributed by atoms with Crippen molar-refractivity contribution in [2.45, 2.75) is 58.7 Å². The molecule has 1 heterocycles. The van der Waals surface area contributed by atoms with E-state index in [1.54, 1.807) is 0 Å². The second-order valence-corrected chi connectivity index (χ2v) is 5.70. The summed E-state index contributed by atoms with van der Waals surface area (Å²) in [4.78, 5) is 4.36. The minimum Gasteiger partial charge on any atom is -0.491 e. The molecule has 0 radical (unpaired) electrons. The molecule has 1 fully saturated rings. The van der Waals surface area contributed by atoms with Crippen LogP contribution in [0.5, 0.6) is 5.75 Å². The molecule has 0 spiro atoms. The number of pyridine rings is 1. The van der Waals surface area contributed by atoms with Gasteiger partial charge in [-0.15, -0.1) is 0 Å². The van der Waals surface area contributed by atoms with Crippen LogP contribution < -0.4 is 10.1 Å². The van der Waals surface area contributed by atoms with E-state index in [9.17, 15) is 0 Å². The minimum absolute atomic E-state index is 0.261. The molecule has 0 saturated heterocycles. The van der Waals surface area contributed by atoms with Gasteiger partial charge in [0.05, 0.1) is 11.8 Å². The van der Waals surface area contributed by atoms with Crippen molar-refractivity contribution >= 4 is 0 Å². The van der Waals surface area contributed by atoms with Crippen LogP contribution in [0.3, 0.4) is 0 Å². The first-order valence-corrected chi connectivity index (χ1v) is 6.98. The molecule has 1 N–H and O–H groups in total. The molecular formula is C15H24N2O. The fraction of sp³-hybridized carbons (Fsp3) is 0.667. The Balaban J connectivity index is 1.85. The van der Waals surface area contributed by atoms with Crippen molar-refractivity contribution in [1.29, 1.82) is 0 Å². The molecule has 1 saturated carbocycles. The van der Waals surface area contributed by atoms with E-state index in [4.69, 9.17) is 4.74 Å². The first-order valence-electron chi connectivity index (χ1n) is 6.98. The number of hydrogen-bond donors (Lipinski definition) is 1. The van der Waals surface area contributed by atoms with Crippen molar-refractivity contribution in [3.63, 3.8) is 0 Å². The Kier molecular flexibility index (Phi) is 4.59. The lowest BCUT2D eigenvalue weighted by atomic mass is 10.1. The van der Waals surface area contributed by atoms with Gasteiger partial charge in [-0.2, -0.15) is 0 Å². The quantitative estimate of drug-likeness (QED) is 0.805. The predicted molar refractivity (Wildman–Crippen MR) is 73.6 cm³/mol. The molecule has 3 heteroatoms. The molecule has 1 aliphatic rings. The van der Waals surface area contributed by atoms with E-state index in [0.717, 1.165) is 30.5 Å². The zero-order chi connectivity index (χ0) is 13.0. The smallest absolute Gasteiger partial charge is 0.123 e. The summed E-state index contributed by atoms with van der Waals surface area (Å²) >= 11 is 0. The first-order chi connectivity index (χ1) is 8.63. The Bertz CT molecular complexity index is 375. The van der Waals surface area contributed by atoms with Crippen LogP contribution in [0.2, 0.25) is 0 Å². The number of nitrogens with zero attached hydrogens (tertiary/aromatic N) is 1. The lowest BCUT2D eigenvalue weighted by Crippen LogP contribution is -2.17. The number of rotatable bonds is 7. The Hall–Kier alpha value is -1.09. The van der Waals surface area contributed by atoms with Gasteiger partial charge in [0, 0.05) is 24.8 Å². The lowest BCUT2D eigenvalue weighted by Gasteiger charge is -2.17. The van der Waals surface area contributed by atoms with Gasteiger partial charge in [-0.25, -0.2) is 0 Å². The average molecular weight is 248 g/mol. The van der Waals surface area contributed by atoms with Gasteiger partial charge in [-0.3, -0.25) is 4.98 Å². The fourth-order valence-corrected chi connectivity index (χ4v) is 2.11. The summed E-state index contributed by atoms with van der Waals surface area (Å²) < 4.78 is 5.92. The molecule has 0 bridgehead atoms. The van der Waals surface area contributed by atoms with Crippen LogP contribution in [0, 0.1) is 5.92 Å². The third-order valence-electron chi connectivity index (χ3n) is 3.08. The first kappa shape index (κ1) is 13.3. The summed E-state index contributed by atoms with van der Waals surface area (Å²) in [6.07, 6.45) is 5.79. The van der Waals surface area contributed by atoms with E-state index < -0.39 is 0 Å². The summed E-state index contributed by atoms with van der Waals surface area (Å²) in [5.41, 5.74) is 1.07. The molecule has 1 aliphatic carbocycles. The van der Waals surface area contributed by atoms with Crippen LogP contribution >= 0.6 is 0 Å². The highest BCUT2D eigenvalue weighted by Gasteiger charge is 2.20. The zero-order valence-corrected chi connectivity index (χ0v) is 11.6. The molecule has 1 aromatic rings. The Labute approximate surface area is 110 Å². The van der Waals surface area contributed by atoms with Crippen molar-refractivity contribution in [1.82, 2.24) is 10.3 Å². The Morgan fingerprint density at radius 3 is 2.83 bits per heavy atom. The van der Waals surface area contributed by atoms with Crippen LogP contribution in [-0.4, -0.2) is 17.1 Å². The number of ether oxygens (including phenoxy) is 1. The van der Waals surface area contributed by atoms with Crippen LogP contribution in [0.15, 0.2) is 18.3 Å². The van der Waals surface area contributed by atoms with Crippen LogP contribution in [-0.2, 0) is 6.54 Å². The Morgan fingerprint density at radius 1 is 1.39 bits per heavy atom. The molecule has 2 rings (SSSR count). The lowest BCUT2D eigenvalue weighted by molar-refractivity contribution is 0.193. The molecule has 1 unspecified atom stereocenters. The van der Waals surface area contributed by atoms with Gasteiger partial charge in [-0.1, -0.05) is 13.8 Å². The third-order valence-corrected chi connectivity index (χ3v) is 3.08. The van der Waals surface area contributed by atoms with Gasteiger partial charge in [0.15, 0.2) is 0 Å². The second-order valence-electron chi connectivity index (χ2n) is 5.70. The van der Waals surface area contributed by atoms with E-state index in [1.807, 2.05) is 18.3 Å². The summed E-state index contributed by atoms with van der Waals surface area (Å²) in [5.74, 6) is 1.60. The van der Waals surface area contributed by atoms with E-state index >= 15 is 0 Å². The van der Waals surface area contributed by atoms with E-state index in [0.29, 0.717) is 5.92 Å². The van der Waals surface area contributed by atoms with Crippen LogP contribution in [0.1, 0.15) is 45.7 Å². The minimum atomic E-state index is 0.261. The maximum Gasteiger partial charge on any atom is 0.123 e. The van der Waals surface area contributed by atoms with Gasteiger partial charge in [0.25, 0.3) is 0 Å². The van der Waals surface area contributed by atoms with Gasteiger partial charge in [0.2, 0.25) is 0 Å². The monoisotopic (exact) mass is 248 g/mol. The van der Waals surface area contributed by atoms with Crippen molar-refractivity contribution in [3.05, 3.63) is 24.0 Å². The highest BCUT2D eigenvalue weighted by atomic mass is 16.5. The van der Waals surface area contributed by atoms with Crippen molar-refractivity contribution < 1.29 is 4.74 Å². The summed E-state index contributed by atoms with van der Waals surface area (Å²) in [7, 11) is 0. The molecule has 18 heavy (non-hydrogen) atoms. The van der Waals surface area contributed by atoms with Gasteiger partial charge in [-0.05, 0) is 38.2 Å². The molecular weight excluding hydrogens is 224 g/mol. The molecule has 1 atom stereocenters. The van der Waals surface area contributed by atoms with Crippen molar-refractivity contribution in [2.75, 3.05) is 0 Å². The van der Waals surface area contributed by atoms with E-state index in [-0.39, 0.29) is 6.10 Å². The molecule has 0 amide bonds. The molecule has 3 nitrogen and oxygen atoms in total. The van der Waals surface area contributed by atoms with Crippen molar-refractivity contribution in [2.24, 2.45) is 5.92 Å². The maximum atomic E-state index is 5.92. The van der Waals surface area contributed by atoms with Crippen LogP contribution in [0.25, 0.3) is 0 Å². The van der Waals surface area contributed by atoms with E-state index in [1.165, 1.54) is 12.8 Å². The molecule has 0 aromatic carbocycles. The largest absolute Gasteiger partial charge is 0.491 e. The zero-order valence-electron chi connectivity index (χ0n) is 11.6. The molecule has 1 aromatic heterocycles. The van der Waals surface area contributed by atoms with Crippen molar-refractivity contribution in [3.8, 4) is 5.75 Å². The van der Waals surface area contributed by atoms with Crippen LogP contribution in [0.4, 0.5) is 0 Å². The second kappa shape index (κ2) is 6.19. The molecule has 100 valence electrons. The normalized spacial score (nSPS) is 16.9. The fourth-order valence-electron chi connectivity index (χ4n) is 2.11. The predicted octanol–water partition coefficient (Wildman–Crippen LogP) is 3.15. The van der Waals surface area contributed by atoms with Gasteiger partial charge < -0.3 is 10.1 Å². The highest BCUT2D eigenvalue weighted by molar-refractivity contribution is 5.23. The summed E-state index contributed by atoms with van der Waals surface area (Å²) in [5, 5.41) is 3.47. The third kappa shape index (κ3) is 4.65. The molecule has 0 aliphatic heterocycles. The van der Waals surface area contributed by atoms with Gasteiger partial charge in [0.1, 0.15) is 5.75 Å². The Morgan fingerprint density at radius 2 is 2.17 bits per heavy atom. The maximum absolute atomic E-state index is 5.92. The SMILES string of the molecule is CC(C)CC(C)Oc1ccnc(CNC2CC2)c1. The number of aromatic nitrogens is 1. The average Bonchev–Trinajstić information content (AvgIpc) is 3.09. The van der Waals surface area contributed by atoms with Gasteiger partial charge >= 0.3 is 0 Å². The summed E-state index contributed by atoms with van der Waals surface area (Å²) in [6.45, 7) is 7.41. The standard InChI is InChI=1S/C15H24N2O/c1-11(2)8-12(3)18-15-6-7-16-14(9-15)10-17-13-4-5-13/h6-7,9,11-13,17H,4-5,8,10H2,1-3H3. The number of hydrogen-bond acceptors (Lipinski definition) is 3. The summed E-state index contributed by atoms with van der Waals surface area (Å²) in [6, 6.07) is 4.71. The van der Waals surface area contributed by atoms with E-state index in [2.05, 4.69) is 31.1 Å².